The predicted octanol–water partition coefficient (Wildman–Crippen LogP) is 5.82. The third-order valence-corrected chi connectivity index (χ3v) is 6.50. The molecule has 0 spiro atoms. The summed E-state index contributed by atoms with van der Waals surface area (Å²) in [4.78, 5) is 19.3. The Hall–Kier alpha value is -2.01. The molecule has 1 heterocycles. The van der Waals surface area contributed by atoms with Crippen LogP contribution in [0.2, 0.25) is 10.0 Å². The highest BCUT2D eigenvalue weighted by atomic mass is 35.5. The second-order valence-electron chi connectivity index (χ2n) is 6.56. The van der Waals surface area contributed by atoms with E-state index in [4.69, 9.17) is 23.2 Å². The maximum absolute atomic E-state index is 13.0. The molecule has 0 atom stereocenters. The van der Waals surface area contributed by atoms with E-state index in [1.54, 1.807) is 22.7 Å². The van der Waals surface area contributed by atoms with Crippen molar-refractivity contribution in [2.24, 2.45) is 4.99 Å². The van der Waals surface area contributed by atoms with Gasteiger partial charge in [0.1, 0.15) is 0 Å². The van der Waals surface area contributed by atoms with Gasteiger partial charge in [-0.1, -0.05) is 83.5 Å². The number of amides is 1. The quantitative estimate of drug-likeness (QED) is 0.524. The van der Waals surface area contributed by atoms with Crippen molar-refractivity contribution in [3.63, 3.8) is 0 Å². The number of fused-ring (bicyclic) bond motifs is 1. The van der Waals surface area contributed by atoms with Gasteiger partial charge in [0.15, 0.2) is 5.17 Å². The molecule has 6 heteroatoms. The van der Waals surface area contributed by atoms with E-state index >= 15 is 0 Å². The van der Waals surface area contributed by atoms with Crippen LogP contribution in [0.5, 0.6) is 0 Å². The van der Waals surface area contributed by atoms with Crippen LogP contribution in [0.15, 0.2) is 65.7 Å². The molecule has 142 valence electrons. The van der Waals surface area contributed by atoms with Crippen LogP contribution in [0.1, 0.15) is 11.1 Å². The van der Waals surface area contributed by atoms with Gasteiger partial charge in [-0.05, 0) is 34.0 Å². The lowest BCUT2D eigenvalue weighted by Crippen LogP contribution is -2.34. The molecular weight excluding hydrogens is 411 g/mol. The smallest absolute Gasteiger partial charge is 0.233 e. The number of nitrogens with zero attached hydrogens (tertiary/aromatic N) is 2. The number of amidine groups is 1. The third-order valence-electron chi connectivity index (χ3n) is 4.68. The summed E-state index contributed by atoms with van der Waals surface area (Å²) < 4.78 is 0. The van der Waals surface area contributed by atoms with Crippen molar-refractivity contribution in [1.82, 2.24) is 4.90 Å². The molecule has 3 nitrogen and oxygen atoms in total. The summed E-state index contributed by atoms with van der Waals surface area (Å²) in [6.45, 7) is 1.28. The molecule has 0 saturated carbocycles. The molecule has 0 aliphatic carbocycles. The van der Waals surface area contributed by atoms with E-state index in [1.807, 2.05) is 36.4 Å². The van der Waals surface area contributed by atoms with Crippen LogP contribution in [-0.2, 0) is 17.0 Å². The summed E-state index contributed by atoms with van der Waals surface area (Å²) >= 11 is 13.6. The van der Waals surface area contributed by atoms with Gasteiger partial charge in [0.05, 0.1) is 23.0 Å². The zero-order valence-corrected chi connectivity index (χ0v) is 17.4. The van der Waals surface area contributed by atoms with E-state index in [0.29, 0.717) is 35.3 Å². The fourth-order valence-corrected chi connectivity index (χ4v) is 4.59. The molecule has 0 N–H and O–H groups in total. The van der Waals surface area contributed by atoms with Crippen LogP contribution in [0, 0.1) is 0 Å². The second kappa shape index (κ2) is 8.56. The summed E-state index contributed by atoms with van der Waals surface area (Å²) in [5, 5.41) is 4.13. The molecule has 0 bridgehead atoms. The molecule has 0 saturated heterocycles. The highest BCUT2D eigenvalue weighted by Crippen LogP contribution is 2.27. The number of thioether (sulfide) groups is 1. The molecular formula is C22H18Cl2N2OS. The van der Waals surface area contributed by atoms with Crippen LogP contribution in [0.25, 0.3) is 10.8 Å². The van der Waals surface area contributed by atoms with Crippen LogP contribution in [0.4, 0.5) is 0 Å². The molecule has 0 fully saturated rings. The Morgan fingerprint density at radius 1 is 1.04 bits per heavy atom. The zero-order chi connectivity index (χ0) is 19.5. The molecule has 1 amide bonds. The normalized spacial score (nSPS) is 13.8. The highest BCUT2D eigenvalue weighted by molar-refractivity contribution is 8.13. The number of carbonyl (C=O) groups excluding carboxylic acids is 1. The van der Waals surface area contributed by atoms with Gasteiger partial charge in [0.25, 0.3) is 0 Å². The van der Waals surface area contributed by atoms with Crippen molar-refractivity contribution in [1.29, 1.82) is 0 Å². The zero-order valence-electron chi connectivity index (χ0n) is 15.1. The molecule has 0 aromatic heterocycles. The summed E-state index contributed by atoms with van der Waals surface area (Å²) in [6.07, 6.45) is 0.369. The van der Waals surface area contributed by atoms with Gasteiger partial charge in [0, 0.05) is 12.3 Å². The van der Waals surface area contributed by atoms with Crippen molar-refractivity contribution in [2.45, 2.75) is 12.2 Å². The SMILES string of the molecule is O=C(Cc1cccc2ccccc12)N1CCN=C1SCc1ccc(Cl)c(Cl)c1. The number of aliphatic imine (C=N–C) groups is 1. The van der Waals surface area contributed by atoms with E-state index in [-0.39, 0.29) is 5.91 Å². The van der Waals surface area contributed by atoms with Gasteiger partial charge in [0.2, 0.25) is 5.91 Å². The van der Waals surface area contributed by atoms with Crippen molar-refractivity contribution in [3.05, 3.63) is 81.8 Å². The number of hydrogen-bond donors (Lipinski definition) is 0. The van der Waals surface area contributed by atoms with Gasteiger partial charge in [-0.25, -0.2) is 0 Å². The Kier molecular flexibility index (Phi) is 5.90. The Balaban J connectivity index is 1.45. The molecule has 3 aromatic rings. The molecule has 3 aromatic carbocycles. The lowest BCUT2D eigenvalue weighted by Gasteiger charge is -2.18. The largest absolute Gasteiger partial charge is 0.289 e. The Labute approximate surface area is 178 Å². The molecule has 28 heavy (non-hydrogen) atoms. The van der Waals surface area contributed by atoms with Crippen molar-refractivity contribution in [2.75, 3.05) is 13.1 Å². The van der Waals surface area contributed by atoms with Crippen LogP contribution >= 0.6 is 35.0 Å². The summed E-state index contributed by atoms with van der Waals surface area (Å²) in [5.41, 5.74) is 2.10. The van der Waals surface area contributed by atoms with E-state index in [0.717, 1.165) is 27.1 Å². The number of hydrogen-bond acceptors (Lipinski definition) is 3. The number of benzene rings is 3. The first kappa shape index (κ1) is 19.3. The summed E-state index contributed by atoms with van der Waals surface area (Å²) in [7, 11) is 0. The first-order valence-corrected chi connectivity index (χ1v) is 10.7. The third kappa shape index (κ3) is 4.19. The number of rotatable bonds is 4. The van der Waals surface area contributed by atoms with E-state index in [9.17, 15) is 4.79 Å². The predicted molar refractivity (Wildman–Crippen MR) is 119 cm³/mol. The second-order valence-corrected chi connectivity index (χ2v) is 8.32. The van der Waals surface area contributed by atoms with Crippen molar-refractivity contribution in [3.8, 4) is 0 Å². The molecule has 1 aliphatic heterocycles. The average Bonchev–Trinajstić information content (AvgIpc) is 3.18. The number of halogens is 2. The Bertz CT molecular complexity index is 1060. The molecule has 4 rings (SSSR count). The van der Waals surface area contributed by atoms with E-state index in [1.165, 1.54) is 0 Å². The van der Waals surface area contributed by atoms with Gasteiger partial charge in [-0.15, -0.1) is 0 Å². The fourth-order valence-electron chi connectivity index (χ4n) is 3.26. The Morgan fingerprint density at radius 2 is 1.86 bits per heavy atom. The molecule has 0 unspecified atom stereocenters. The number of carbonyl (C=O) groups is 1. The van der Waals surface area contributed by atoms with Crippen molar-refractivity contribution < 1.29 is 4.79 Å². The highest BCUT2D eigenvalue weighted by Gasteiger charge is 2.24. The Morgan fingerprint density at radius 3 is 2.71 bits per heavy atom. The monoisotopic (exact) mass is 428 g/mol. The average molecular weight is 429 g/mol. The van der Waals surface area contributed by atoms with Gasteiger partial charge in [-0.3, -0.25) is 14.7 Å². The van der Waals surface area contributed by atoms with Crippen LogP contribution < -0.4 is 0 Å². The topological polar surface area (TPSA) is 32.7 Å². The van der Waals surface area contributed by atoms with Crippen molar-refractivity contribution >= 4 is 56.8 Å². The first-order chi connectivity index (χ1) is 13.6. The minimum Gasteiger partial charge on any atom is -0.289 e. The molecule has 1 aliphatic rings. The summed E-state index contributed by atoms with van der Waals surface area (Å²) in [5.74, 6) is 0.766. The van der Waals surface area contributed by atoms with Gasteiger partial charge < -0.3 is 0 Å². The maximum Gasteiger partial charge on any atom is 0.233 e. The minimum absolute atomic E-state index is 0.0780. The fraction of sp³-hybridized carbons (Fsp3) is 0.182. The maximum atomic E-state index is 13.0. The van der Waals surface area contributed by atoms with E-state index < -0.39 is 0 Å². The lowest BCUT2D eigenvalue weighted by molar-refractivity contribution is -0.126. The van der Waals surface area contributed by atoms with Crippen LogP contribution in [-0.4, -0.2) is 29.1 Å². The van der Waals surface area contributed by atoms with Crippen LogP contribution in [0.3, 0.4) is 0 Å². The first-order valence-electron chi connectivity index (χ1n) is 9.00. The van der Waals surface area contributed by atoms with E-state index in [2.05, 4.69) is 23.2 Å². The van der Waals surface area contributed by atoms with Gasteiger partial charge in [-0.2, -0.15) is 0 Å². The lowest BCUT2D eigenvalue weighted by atomic mass is 10.0. The summed E-state index contributed by atoms with van der Waals surface area (Å²) in [6, 6.07) is 19.8. The standard InChI is InChI=1S/C22H18Cl2N2OS/c23-19-9-8-15(12-20(19)24)14-28-22-25-10-11-26(22)21(27)13-17-6-3-5-16-4-1-2-7-18(16)17/h1-9,12H,10-11,13-14H2. The molecule has 0 radical (unpaired) electrons. The minimum atomic E-state index is 0.0780. The van der Waals surface area contributed by atoms with Gasteiger partial charge >= 0.3 is 0 Å².